The molecule has 0 spiro atoms. The number of sulfonamides is 1. The van der Waals surface area contributed by atoms with E-state index in [9.17, 15) is 13.2 Å². The Morgan fingerprint density at radius 2 is 1.77 bits per heavy atom. The lowest BCUT2D eigenvalue weighted by molar-refractivity contribution is 0.0922. The zero-order valence-electron chi connectivity index (χ0n) is 14.4. The van der Waals surface area contributed by atoms with E-state index in [0.717, 1.165) is 12.3 Å². The number of benzene rings is 2. The van der Waals surface area contributed by atoms with E-state index >= 15 is 0 Å². The maximum Gasteiger partial charge on any atom is 0.261 e. The summed E-state index contributed by atoms with van der Waals surface area (Å²) in [6.07, 6.45) is 4.71. The highest BCUT2D eigenvalue weighted by Gasteiger charge is 2.40. The molecule has 0 saturated heterocycles. The minimum atomic E-state index is -3.73. The van der Waals surface area contributed by atoms with E-state index in [4.69, 9.17) is 0 Å². The van der Waals surface area contributed by atoms with Gasteiger partial charge in [-0.15, -0.1) is 0 Å². The molecule has 2 N–H and O–H groups in total. The Morgan fingerprint density at radius 1 is 0.962 bits per heavy atom. The minimum Gasteiger partial charge on any atom is -0.349 e. The summed E-state index contributed by atoms with van der Waals surface area (Å²) in [7, 11) is -3.73. The Balaban J connectivity index is 1.50. The van der Waals surface area contributed by atoms with E-state index in [1.54, 1.807) is 36.4 Å². The molecule has 3 atom stereocenters. The molecule has 0 aliphatic heterocycles. The van der Waals surface area contributed by atoms with Crippen LogP contribution in [0.5, 0.6) is 0 Å². The van der Waals surface area contributed by atoms with Gasteiger partial charge in [0.05, 0.1) is 4.90 Å². The number of rotatable bonds is 5. The molecule has 4 rings (SSSR count). The molecule has 2 fully saturated rings. The Morgan fingerprint density at radius 3 is 2.46 bits per heavy atom. The fraction of sp³-hybridized carbons (Fsp3) is 0.350. The average molecular weight is 370 g/mol. The van der Waals surface area contributed by atoms with Crippen molar-refractivity contribution in [2.75, 3.05) is 4.72 Å². The van der Waals surface area contributed by atoms with Gasteiger partial charge >= 0.3 is 0 Å². The summed E-state index contributed by atoms with van der Waals surface area (Å²) in [5.74, 6) is 1.13. The average Bonchev–Trinajstić information content (AvgIpc) is 3.25. The maximum atomic E-state index is 12.6. The van der Waals surface area contributed by atoms with Crippen LogP contribution in [0.25, 0.3) is 0 Å². The van der Waals surface area contributed by atoms with Crippen molar-refractivity contribution in [3.8, 4) is 0 Å². The molecule has 0 radical (unpaired) electrons. The van der Waals surface area contributed by atoms with Crippen LogP contribution in [0.4, 0.5) is 5.69 Å². The van der Waals surface area contributed by atoms with Gasteiger partial charge in [0.15, 0.2) is 0 Å². The maximum absolute atomic E-state index is 12.6. The molecule has 1 amide bonds. The van der Waals surface area contributed by atoms with Crippen molar-refractivity contribution < 1.29 is 13.2 Å². The number of fused-ring (bicyclic) bond motifs is 2. The number of hydrogen-bond donors (Lipinski definition) is 2. The van der Waals surface area contributed by atoms with Crippen LogP contribution in [0.3, 0.4) is 0 Å². The predicted molar refractivity (Wildman–Crippen MR) is 100 cm³/mol. The lowest BCUT2D eigenvalue weighted by Crippen LogP contribution is -2.38. The van der Waals surface area contributed by atoms with E-state index in [1.807, 2.05) is 6.07 Å². The number of carbonyl (C=O) groups excluding carboxylic acids is 1. The summed E-state index contributed by atoms with van der Waals surface area (Å²) in [6, 6.07) is 15.1. The molecule has 0 unspecified atom stereocenters. The topological polar surface area (TPSA) is 75.3 Å². The predicted octanol–water partition coefficient (Wildman–Crippen LogP) is 3.41. The largest absolute Gasteiger partial charge is 0.349 e. The molecule has 0 heterocycles. The van der Waals surface area contributed by atoms with Crippen molar-refractivity contribution in [2.45, 2.75) is 36.6 Å². The van der Waals surface area contributed by atoms with Gasteiger partial charge in [0, 0.05) is 17.3 Å². The van der Waals surface area contributed by atoms with E-state index in [-0.39, 0.29) is 16.8 Å². The van der Waals surface area contributed by atoms with Crippen LogP contribution >= 0.6 is 0 Å². The normalized spacial score (nSPS) is 24.4. The Labute approximate surface area is 153 Å². The number of amides is 1. The number of para-hydroxylation sites is 1. The van der Waals surface area contributed by atoms with Gasteiger partial charge in [-0.1, -0.05) is 30.7 Å². The van der Waals surface area contributed by atoms with E-state index in [0.29, 0.717) is 17.2 Å². The summed E-state index contributed by atoms with van der Waals surface area (Å²) in [5.41, 5.74) is 0.869. The molecule has 2 aliphatic carbocycles. The van der Waals surface area contributed by atoms with Crippen LogP contribution in [0, 0.1) is 11.8 Å². The standard InChI is InChI=1S/C20H22N2O3S/c23-20(21-19-12-14-9-10-15(19)11-14)16-5-4-8-18(13-16)26(24,25)22-17-6-2-1-3-7-17/h1-8,13-15,19,22H,9-12H2,(H,21,23)/t14-,15-,19-/m1/s1. The highest BCUT2D eigenvalue weighted by Crippen LogP contribution is 2.44. The second-order valence-corrected chi connectivity index (χ2v) is 8.94. The molecule has 0 aromatic heterocycles. The SMILES string of the molecule is O=C(N[C@@H]1C[C@@H]2CC[C@@H]1C2)c1cccc(S(=O)(=O)Nc2ccccc2)c1. The van der Waals surface area contributed by atoms with Crippen molar-refractivity contribution in [1.82, 2.24) is 5.32 Å². The van der Waals surface area contributed by atoms with Crippen LogP contribution in [-0.4, -0.2) is 20.4 Å². The first-order valence-corrected chi connectivity index (χ1v) is 10.5. The van der Waals surface area contributed by atoms with Crippen LogP contribution in [0.15, 0.2) is 59.5 Å². The van der Waals surface area contributed by atoms with Gasteiger partial charge in [0.1, 0.15) is 0 Å². The second-order valence-electron chi connectivity index (χ2n) is 7.25. The number of hydrogen-bond acceptors (Lipinski definition) is 3. The van der Waals surface area contributed by atoms with E-state index < -0.39 is 10.0 Å². The third-order valence-electron chi connectivity index (χ3n) is 5.49. The van der Waals surface area contributed by atoms with Crippen LogP contribution in [0.2, 0.25) is 0 Å². The number of anilines is 1. The number of carbonyl (C=O) groups is 1. The molecule has 2 aliphatic rings. The summed E-state index contributed by atoms with van der Waals surface area (Å²) < 4.78 is 27.7. The molecular formula is C20H22N2O3S. The summed E-state index contributed by atoms with van der Waals surface area (Å²) in [6.45, 7) is 0. The highest BCUT2D eigenvalue weighted by atomic mass is 32.2. The molecule has 6 heteroatoms. The Kier molecular flexibility index (Phi) is 4.44. The lowest BCUT2D eigenvalue weighted by Gasteiger charge is -2.23. The lowest BCUT2D eigenvalue weighted by atomic mass is 9.95. The first-order chi connectivity index (χ1) is 12.5. The molecule has 2 aromatic carbocycles. The summed E-state index contributed by atoms with van der Waals surface area (Å²) in [4.78, 5) is 12.7. The fourth-order valence-electron chi connectivity index (χ4n) is 4.20. The third kappa shape index (κ3) is 3.46. The Hall–Kier alpha value is -2.34. The quantitative estimate of drug-likeness (QED) is 0.847. The van der Waals surface area contributed by atoms with Crippen molar-refractivity contribution in [3.05, 3.63) is 60.2 Å². The van der Waals surface area contributed by atoms with Gasteiger partial charge < -0.3 is 5.32 Å². The van der Waals surface area contributed by atoms with Gasteiger partial charge in [-0.2, -0.15) is 0 Å². The van der Waals surface area contributed by atoms with Crippen molar-refractivity contribution in [1.29, 1.82) is 0 Å². The first kappa shape index (κ1) is 17.1. The van der Waals surface area contributed by atoms with Gasteiger partial charge in [-0.05, 0) is 61.4 Å². The Bertz CT molecular complexity index is 912. The fourth-order valence-corrected chi connectivity index (χ4v) is 5.30. The van der Waals surface area contributed by atoms with Gasteiger partial charge in [-0.3, -0.25) is 9.52 Å². The first-order valence-electron chi connectivity index (χ1n) is 9.00. The molecular weight excluding hydrogens is 348 g/mol. The number of nitrogens with one attached hydrogen (secondary N) is 2. The zero-order valence-corrected chi connectivity index (χ0v) is 15.2. The van der Waals surface area contributed by atoms with Crippen LogP contribution in [-0.2, 0) is 10.0 Å². The molecule has 2 bridgehead atoms. The van der Waals surface area contributed by atoms with Gasteiger partial charge in [0.25, 0.3) is 15.9 Å². The molecule has 2 saturated carbocycles. The van der Waals surface area contributed by atoms with Crippen LogP contribution in [0.1, 0.15) is 36.0 Å². The summed E-state index contributed by atoms with van der Waals surface area (Å²) in [5, 5.41) is 3.10. The van der Waals surface area contributed by atoms with Gasteiger partial charge in [0.2, 0.25) is 0 Å². The van der Waals surface area contributed by atoms with Crippen molar-refractivity contribution in [2.24, 2.45) is 11.8 Å². The van der Waals surface area contributed by atoms with Crippen molar-refractivity contribution in [3.63, 3.8) is 0 Å². The highest BCUT2D eigenvalue weighted by molar-refractivity contribution is 7.92. The second kappa shape index (κ2) is 6.76. The molecule has 26 heavy (non-hydrogen) atoms. The zero-order chi connectivity index (χ0) is 18.1. The van der Waals surface area contributed by atoms with E-state index in [2.05, 4.69) is 10.0 Å². The molecule has 136 valence electrons. The van der Waals surface area contributed by atoms with Crippen LogP contribution < -0.4 is 10.0 Å². The van der Waals surface area contributed by atoms with E-state index in [1.165, 1.54) is 31.4 Å². The minimum absolute atomic E-state index is 0.0851. The van der Waals surface area contributed by atoms with Crippen molar-refractivity contribution >= 4 is 21.6 Å². The van der Waals surface area contributed by atoms with Gasteiger partial charge in [-0.25, -0.2) is 8.42 Å². The molecule has 2 aromatic rings. The molecule has 5 nitrogen and oxygen atoms in total. The smallest absolute Gasteiger partial charge is 0.261 e. The monoisotopic (exact) mass is 370 g/mol. The third-order valence-corrected chi connectivity index (χ3v) is 6.87. The summed E-state index contributed by atoms with van der Waals surface area (Å²) >= 11 is 0.